The van der Waals surface area contributed by atoms with E-state index in [4.69, 9.17) is 4.74 Å². The second-order valence-electron chi connectivity index (χ2n) is 3.07. The quantitative estimate of drug-likeness (QED) is 0.702. The lowest BCUT2D eigenvalue weighted by molar-refractivity contribution is 0.194. The number of rotatable bonds is 3. The van der Waals surface area contributed by atoms with Crippen molar-refractivity contribution in [2.45, 2.75) is 36.9 Å². The average Bonchev–Trinajstić information content (AvgIpc) is 2.39. The Labute approximate surface area is 72.3 Å². The molecular formula is C8H16O2S. The molecule has 0 saturated carbocycles. The van der Waals surface area contributed by atoms with E-state index in [1.54, 1.807) is 0 Å². The zero-order valence-corrected chi connectivity index (χ0v) is 7.93. The van der Waals surface area contributed by atoms with Gasteiger partial charge in [-0.2, -0.15) is 11.8 Å². The van der Waals surface area contributed by atoms with Crippen LogP contribution < -0.4 is 0 Å². The number of thioether (sulfide) groups is 1. The fraction of sp³-hybridized carbons (Fsp3) is 1.00. The Morgan fingerprint density at radius 2 is 2.27 bits per heavy atom. The van der Waals surface area contributed by atoms with Gasteiger partial charge in [0.1, 0.15) is 0 Å². The highest BCUT2D eigenvalue weighted by atomic mass is 32.2. The van der Waals surface area contributed by atoms with Gasteiger partial charge in [-0.3, -0.25) is 0 Å². The Morgan fingerprint density at radius 3 is 2.73 bits per heavy atom. The predicted octanol–water partition coefficient (Wildman–Crippen LogP) is 1.28. The van der Waals surface area contributed by atoms with Crippen LogP contribution in [0.4, 0.5) is 0 Å². The van der Waals surface area contributed by atoms with E-state index in [2.05, 4.69) is 6.92 Å². The molecule has 0 aliphatic carbocycles. The fourth-order valence-electron chi connectivity index (χ4n) is 1.04. The highest BCUT2D eigenvalue weighted by molar-refractivity contribution is 8.00. The third-order valence-corrected chi connectivity index (χ3v) is 3.55. The maximum absolute atomic E-state index is 9.22. The van der Waals surface area contributed by atoms with E-state index in [-0.39, 0.29) is 6.10 Å². The lowest BCUT2D eigenvalue weighted by Crippen LogP contribution is -2.19. The number of hydrogen-bond acceptors (Lipinski definition) is 3. The van der Waals surface area contributed by atoms with Gasteiger partial charge in [-0.15, -0.1) is 0 Å². The van der Waals surface area contributed by atoms with Crippen molar-refractivity contribution in [3.05, 3.63) is 0 Å². The molecule has 0 amide bonds. The van der Waals surface area contributed by atoms with Crippen LogP contribution in [0.2, 0.25) is 0 Å². The van der Waals surface area contributed by atoms with Crippen LogP contribution in [-0.4, -0.2) is 34.9 Å². The maximum atomic E-state index is 9.22. The second kappa shape index (κ2) is 4.33. The molecule has 0 aromatic rings. The first-order chi connectivity index (χ1) is 5.20. The third kappa shape index (κ3) is 3.01. The van der Waals surface area contributed by atoms with Crippen LogP contribution in [0.15, 0.2) is 0 Å². The molecule has 1 aliphatic heterocycles. The van der Waals surface area contributed by atoms with Gasteiger partial charge in [-0.25, -0.2) is 0 Å². The lowest BCUT2D eigenvalue weighted by atomic mass is 10.3. The van der Waals surface area contributed by atoms with Crippen molar-refractivity contribution in [2.75, 3.05) is 13.2 Å². The van der Waals surface area contributed by atoms with E-state index >= 15 is 0 Å². The molecule has 1 N–H and O–H groups in total. The first kappa shape index (κ1) is 9.36. The lowest BCUT2D eigenvalue weighted by Gasteiger charge is -2.17. The van der Waals surface area contributed by atoms with Crippen LogP contribution in [-0.2, 0) is 4.74 Å². The van der Waals surface area contributed by atoms with Gasteiger partial charge in [0.25, 0.3) is 0 Å². The van der Waals surface area contributed by atoms with Gasteiger partial charge in [0, 0.05) is 17.1 Å². The molecule has 2 nitrogen and oxygen atoms in total. The van der Waals surface area contributed by atoms with E-state index in [0.717, 1.165) is 19.6 Å². The van der Waals surface area contributed by atoms with Crippen LogP contribution in [0.3, 0.4) is 0 Å². The number of hydrogen-bond donors (Lipinski definition) is 1. The Kier molecular flexibility index (Phi) is 3.69. The molecule has 1 aliphatic rings. The fourth-order valence-corrected chi connectivity index (χ4v) is 2.28. The Bertz CT molecular complexity index is 111. The average molecular weight is 176 g/mol. The molecule has 1 saturated heterocycles. The summed E-state index contributed by atoms with van der Waals surface area (Å²) in [6.07, 6.45) is 0.933. The Balaban J connectivity index is 2.18. The van der Waals surface area contributed by atoms with Gasteiger partial charge in [0.05, 0.1) is 12.7 Å². The van der Waals surface area contributed by atoms with Gasteiger partial charge in [-0.05, 0) is 13.3 Å². The zero-order chi connectivity index (χ0) is 8.27. The van der Waals surface area contributed by atoms with E-state index in [0.29, 0.717) is 10.5 Å². The number of aliphatic hydroxyl groups excluding tert-OH is 1. The summed E-state index contributed by atoms with van der Waals surface area (Å²) in [5.41, 5.74) is 0. The topological polar surface area (TPSA) is 29.5 Å². The van der Waals surface area contributed by atoms with Crippen LogP contribution in [0, 0.1) is 0 Å². The molecule has 1 fully saturated rings. The van der Waals surface area contributed by atoms with E-state index in [1.807, 2.05) is 18.7 Å². The van der Waals surface area contributed by atoms with Crippen molar-refractivity contribution in [3.8, 4) is 0 Å². The minimum atomic E-state index is -0.208. The summed E-state index contributed by atoms with van der Waals surface area (Å²) in [5.74, 6) is 0. The molecule has 3 unspecified atom stereocenters. The van der Waals surface area contributed by atoms with Crippen molar-refractivity contribution >= 4 is 11.8 Å². The van der Waals surface area contributed by atoms with Gasteiger partial charge < -0.3 is 9.84 Å². The largest absolute Gasteiger partial charge is 0.392 e. The highest BCUT2D eigenvalue weighted by Crippen LogP contribution is 2.26. The highest BCUT2D eigenvalue weighted by Gasteiger charge is 2.20. The first-order valence-electron chi connectivity index (χ1n) is 4.11. The van der Waals surface area contributed by atoms with E-state index in [9.17, 15) is 5.11 Å². The van der Waals surface area contributed by atoms with Crippen molar-refractivity contribution in [1.29, 1.82) is 0 Å². The van der Waals surface area contributed by atoms with Gasteiger partial charge in [0.15, 0.2) is 0 Å². The number of aliphatic hydroxyl groups is 1. The summed E-state index contributed by atoms with van der Waals surface area (Å²) in [6, 6.07) is 0. The minimum absolute atomic E-state index is 0.208. The summed E-state index contributed by atoms with van der Waals surface area (Å²) in [4.78, 5) is 0. The van der Waals surface area contributed by atoms with E-state index < -0.39 is 0 Å². The smallest absolute Gasteiger partial charge is 0.0628 e. The zero-order valence-electron chi connectivity index (χ0n) is 7.12. The normalized spacial score (nSPS) is 30.3. The van der Waals surface area contributed by atoms with Crippen molar-refractivity contribution in [1.82, 2.24) is 0 Å². The molecule has 3 atom stereocenters. The van der Waals surface area contributed by atoms with Crippen LogP contribution in [0.1, 0.15) is 20.3 Å². The third-order valence-electron chi connectivity index (χ3n) is 1.97. The van der Waals surface area contributed by atoms with Gasteiger partial charge >= 0.3 is 0 Å². The van der Waals surface area contributed by atoms with Crippen molar-refractivity contribution in [2.24, 2.45) is 0 Å². The summed E-state index contributed by atoms with van der Waals surface area (Å²) >= 11 is 1.84. The maximum Gasteiger partial charge on any atom is 0.0628 e. The molecule has 1 rings (SSSR count). The van der Waals surface area contributed by atoms with E-state index in [1.165, 1.54) is 0 Å². The molecule has 3 heteroatoms. The van der Waals surface area contributed by atoms with Crippen molar-refractivity contribution < 1.29 is 9.84 Å². The first-order valence-corrected chi connectivity index (χ1v) is 5.05. The molecular weight excluding hydrogens is 160 g/mol. The molecule has 11 heavy (non-hydrogen) atoms. The molecule has 0 aromatic carbocycles. The SMILES string of the molecule is CC(O)C(C)SC1CCOC1. The van der Waals surface area contributed by atoms with Gasteiger partial charge in [0.2, 0.25) is 0 Å². The second-order valence-corrected chi connectivity index (χ2v) is 4.75. The minimum Gasteiger partial charge on any atom is -0.392 e. The summed E-state index contributed by atoms with van der Waals surface area (Å²) in [5, 5.41) is 10.2. The van der Waals surface area contributed by atoms with Crippen molar-refractivity contribution in [3.63, 3.8) is 0 Å². The molecule has 1 heterocycles. The molecule has 0 radical (unpaired) electrons. The van der Waals surface area contributed by atoms with Crippen LogP contribution in [0.25, 0.3) is 0 Å². The molecule has 0 bridgehead atoms. The number of ether oxygens (including phenoxy) is 1. The molecule has 0 spiro atoms. The van der Waals surface area contributed by atoms with Crippen LogP contribution in [0.5, 0.6) is 0 Å². The summed E-state index contributed by atoms with van der Waals surface area (Å²) < 4.78 is 5.24. The predicted molar refractivity (Wildman–Crippen MR) is 48.0 cm³/mol. The Morgan fingerprint density at radius 1 is 1.55 bits per heavy atom. The standard InChI is InChI=1S/C8H16O2S/c1-6(9)7(2)11-8-3-4-10-5-8/h6-9H,3-5H2,1-2H3. The monoisotopic (exact) mass is 176 g/mol. The molecule has 0 aromatic heterocycles. The summed E-state index contributed by atoms with van der Waals surface area (Å²) in [7, 11) is 0. The summed E-state index contributed by atoms with van der Waals surface area (Å²) in [6.45, 7) is 5.66. The van der Waals surface area contributed by atoms with Gasteiger partial charge in [-0.1, -0.05) is 6.92 Å². The van der Waals surface area contributed by atoms with Crippen LogP contribution >= 0.6 is 11.8 Å². The Hall–Kier alpha value is 0.270. The molecule has 66 valence electrons.